The number of carboxylic acid groups (broad SMARTS) is 1. The molecule has 2 aliphatic rings. The van der Waals surface area contributed by atoms with Crippen LogP contribution in [0.1, 0.15) is 48.3 Å². The molecule has 26 heavy (non-hydrogen) atoms. The van der Waals surface area contributed by atoms with Crippen molar-refractivity contribution in [1.82, 2.24) is 9.97 Å². The van der Waals surface area contributed by atoms with Gasteiger partial charge in [0.05, 0.1) is 17.6 Å². The minimum absolute atomic E-state index is 0.121. The largest absolute Gasteiger partial charge is 0.476 e. The van der Waals surface area contributed by atoms with Gasteiger partial charge in [-0.1, -0.05) is 6.42 Å². The lowest BCUT2D eigenvalue weighted by Gasteiger charge is -2.58. The first-order valence-corrected chi connectivity index (χ1v) is 8.99. The van der Waals surface area contributed by atoms with Gasteiger partial charge in [0.2, 0.25) is 0 Å². The molecule has 0 aliphatic heterocycles. The molecule has 2 aromatic rings. The number of carboxylic acids is 1. The maximum atomic E-state index is 14.0. The number of carbonyl (C=O) groups is 1. The Morgan fingerprint density at radius 1 is 1.27 bits per heavy atom. The average molecular weight is 358 g/mol. The van der Waals surface area contributed by atoms with E-state index in [9.17, 15) is 18.7 Å². The first-order valence-electron chi connectivity index (χ1n) is 8.99. The van der Waals surface area contributed by atoms with E-state index in [1.807, 2.05) is 0 Å². The van der Waals surface area contributed by atoms with Crippen LogP contribution in [0.3, 0.4) is 0 Å². The normalized spacial score (nSPS) is 23.3. The second kappa shape index (κ2) is 6.41. The van der Waals surface area contributed by atoms with Crippen LogP contribution in [0.5, 0.6) is 0 Å². The third-order valence-corrected chi connectivity index (χ3v) is 6.13. The van der Waals surface area contributed by atoms with Crippen LogP contribution in [0.25, 0.3) is 11.3 Å². The SMILES string of the molecule is O=C(O)c1cnc(CC[C@H]2CC(F)C23CCC3)c(-c2ccc(F)cc2)n1. The first kappa shape index (κ1) is 17.1. The van der Waals surface area contributed by atoms with Crippen LogP contribution in [0.15, 0.2) is 30.5 Å². The summed E-state index contributed by atoms with van der Waals surface area (Å²) in [5.41, 5.74) is 1.51. The van der Waals surface area contributed by atoms with Gasteiger partial charge in [-0.05, 0) is 62.3 Å². The molecule has 2 atom stereocenters. The van der Waals surface area contributed by atoms with E-state index in [4.69, 9.17) is 0 Å². The number of rotatable bonds is 5. The molecule has 136 valence electrons. The molecule has 1 aromatic heterocycles. The van der Waals surface area contributed by atoms with E-state index in [0.717, 1.165) is 25.7 Å². The molecule has 6 heteroatoms. The summed E-state index contributed by atoms with van der Waals surface area (Å²) in [6.45, 7) is 0. The number of aromatic carboxylic acids is 1. The topological polar surface area (TPSA) is 63.1 Å². The highest BCUT2D eigenvalue weighted by Gasteiger charge is 2.58. The zero-order valence-electron chi connectivity index (χ0n) is 14.3. The Morgan fingerprint density at radius 3 is 2.58 bits per heavy atom. The van der Waals surface area contributed by atoms with Crippen molar-refractivity contribution in [2.75, 3.05) is 0 Å². The molecule has 4 nitrogen and oxygen atoms in total. The van der Waals surface area contributed by atoms with Crippen molar-refractivity contribution in [2.45, 2.75) is 44.7 Å². The van der Waals surface area contributed by atoms with Gasteiger partial charge >= 0.3 is 5.97 Å². The number of hydrogen-bond acceptors (Lipinski definition) is 3. The van der Waals surface area contributed by atoms with Crippen molar-refractivity contribution in [3.63, 3.8) is 0 Å². The molecule has 1 spiro atoms. The summed E-state index contributed by atoms with van der Waals surface area (Å²) in [5.74, 6) is -1.17. The van der Waals surface area contributed by atoms with E-state index >= 15 is 0 Å². The third-order valence-electron chi connectivity index (χ3n) is 6.13. The zero-order valence-corrected chi connectivity index (χ0v) is 14.3. The Bertz CT molecular complexity index is 834. The number of aromatic nitrogens is 2. The predicted molar refractivity (Wildman–Crippen MR) is 92.0 cm³/mol. The van der Waals surface area contributed by atoms with Gasteiger partial charge in [-0.25, -0.2) is 18.6 Å². The van der Waals surface area contributed by atoms with E-state index in [1.54, 1.807) is 12.1 Å². The summed E-state index contributed by atoms with van der Waals surface area (Å²) >= 11 is 0. The van der Waals surface area contributed by atoms with Gasteiger partial charge in [0.15, 0.2) is 5.69 Å². The van der Waals surface area contributed by atoms with Gasteiger partial charge in [-0.15, -0.1) is 0 Å². The van der Waals surface area contributed by atoms with Crippen LogP contribution in [0.2, 0.25) is 0 Å². The molecule has 1 heterocycles. The quantitative estimate of drug-likeness (QED) is 0.858. The molecule has 4 rings (SSSR count). The van der Waals surface area contributed by atoms with Crippen molar-refractivity contribution in [3.05, 3.63) is 47.7 Å². The number of aryl methyl sites for hydroxylation is 1. The molecule has 1 unspecified atom stereocenters. The number of alkyl halides is 1. The molecular formula is C20H20F2N2O2. The molecule has 0 saturated heterocycles. The monoisotopic (exact) mass is 358 g/mol. The summed E-state index contributed by atoms with van der Waals surface area (Å²) in [4.78, 5) is 19.8. The van der Waals surface area contributed by atoms with Crippen LogP contribution < -0.4 is 0 Å². The van der Waals surface area contributed by atoms with Crippen molar-refractivity contribution < 1.29 is 18.7 Å². The number of hydrogen-bond donors (Lipinski definition) is 1. The smallest absolute Gasteiger partial charge is 0.356 e. The minimum atomic E-state index is -1.15. The Labute approximate surface area is 150 Å². The highest BCUT2D eigenvalue weighted by molar-refractivity contribution is 5.85. The Morgan fingerprint density at radius 2 is 2.00 bits per heavy atom. The van der Waals surface area contributed by atoms with E-state index in [-0.39, 0.29) is 16.9 Å². The molecule has 0 amide bonds. The van der Waals surface area contributed by atoms with Crippen molar-refractivity contribution in [2.24, 2.45) is 11.3 Å². The van der Waals surface area contributed by atoms with E-state index in [0.29, 0.717) is 35.7 Å². The van der Waals surface area contributed by atoms with Crippen LogP contribution in [-0.2, 0) is 6.42 Å². The molecule has 1 N–H and O–H groups in total. The molecule has 0 radical (unpaired) electrons. The van der Waals surface area contributed by atoms with E-state index in [2.05, 4.69) is 9.97 Å². The molecule has 0 bridgehead atoms. The highest BCUT2D eigenvalue weighted by Crippen LogP contribution is 2.62. The van der Waals surface area contributed by atoms with Crippen LogP contribution >= 0.6 is 0 Å². The highest BCUT2D eigenvalue weighted by atomic mass is 19.1. The molecule has 2 saturated carbocycles. The summed E-state index contributed by atoms with van der Waals surface area (Å²) < 4.78 is 27.2. The second-order valence-electron chi connectivity index (χ2n) is 7.39. The van der Waals surface area contributed by atoms with Gasteiger partial charge in [-0.3, -0.25) is 4.98 Å². The summed E-state index contributed by atoms with van der Waals surface area (Å²) in [7, 11) is 0. The lowest BCUT2D eigenvalue weighted by molar-refractivity contribution is -0.134. The first-order chi connectivity index (χ1) is 12.5. The van der Waals surface area contributed by atoms with E-state index < -0.39 is 12.1 Å². The van der Waals surface area contributed by atoms with Crippen LogP contribution in [0, 0.1) is 17.2 Å². The third kappa shape index (κ3) is 2.77. The van der Waals surface area contributed by atoms with Gasteiger partial charge in [0.1, 0.15) is 12.0 Å². The zero-order chi connectivity index (χ0) is 18.3. The number of halogens is 2. The minimum Gasteiger partial charge on any atom is -0.476 e. The van der Waals surface area contributed by atoms with Gasteiger partial charge in [0, 0.05) is 11.0 Å². The van der Waals surface area contributed by atoms with Crippen molar-refractivity contribution >= 4 is 5.97 Å². The van der Waals surface area contributed by atoms with E-state index in [1.165, 1.54) is 18.3 Å². The average Bonchev–Trinajstić information content (AvgIpc) is 2.57. The second-order valence-corrected chi connectivity index (χ2v) is 7.39. The number of benzene rings is 1. The molecule has 2 fully saturated rings. The maximum Gasteiger partial charge on any atom is 0.356 e. The van der Waals surface area contributed by atoms with Gasteiger partial charge in [0.25, 0.3) is 0 Å². The number of nitrogens with zero attached hydrogens (tertiary/aromatic N) is 2. The predicted octanol–water partition coefficient (Wildman–Crippen LogP) is 4.44. The Kier molecular flexibility index (Phi) is 4.21. The fourth-order valence-electron chi connectivity index (χ4n) is 4.38. The lowest BCUT2D eigenvalue weighted by Crippen LogP contribution is -2.55. The Hall–Kier alpha value is -2.37. The lowest BCUT2D eigenvalue weighted by atomic mass is 9.48. The van der Waals surface area contributed by atoms with Gasteiger partial charge < -0.3 is 5.11 Å². The van der Waals surface area contributed by atoms with Crippen LogP contribution in [0.4, 0.5) is 8.78 Å². The van der Waals surface area contributed by atoms with Gasteiger partial charge in [-0.2, -0.15) is 0 Å². The molecule has 2 aliphatic carbocycles. The maximum absolute atomic E-state index is 14.0. The van der Waals surface area contributed by atoms with Crippen molar-refractivity contribution in [1.29, 1.82) is 0 Å². The standard InChI is InChI=1S/C20H20F2N2O2/c21-14-5-2-12(3-6-14)18-15(23-11-16(24-18)19(25)26)7-4-13-10-17(22)20(13)8-1-9-20/h2-3,5-6,11,13,17H,1,4,7-10H2,(H,25,26)/t13-,17?/m0/s1. The Balaban J connectivity index is 1.59. The molecular weight excluding hydrogens is 338 g/mol. The molecule has 1 aromatic carbocycles. The summed E-state index contributed by atoms with van der Waals surface area (Å²) in [6, 6.07) is 5.78. The fraction of sp³-hybridized carbons (Fsp3) is 0.450. The summed E-state index contributed by atoms with van der Waals surface area (Å²) in [6.07, 6.45) is 5.63. The van der Waals surface area contributed by atoms with Crippen LogP contribution in [-0.4, -0.2) is 27.2 Å². The summed E-state index contributed by atoms with van der Waals surface area (Å²) in [5, 5.41) is 9.19. The van der Waals surface area contributed by atoms with Crippen molar-refractivity contribution in [3.8, 4) is 11.3 Å². The fourth-order valence-corrected chi connectivity index (χ4v) is 4.38.